The Bertz CT molecular complexity index is 1130. The van der Waals surface area contributed by atoms with Gasteiger partial charge in [-0.3, -0.25) is 14.6 Å². The lowest BCUT2D eigenvalue weighted by Gasteiger charge is -2.24. The number of nitrogens with zero attached hydrogens (tertiary/aromatic N) is 2. The first-order valence-electron chi connectivity index (χ1n) is 10.4. The van der Waals surface area contributed by atoms with Gasteiger partial charge >= 0.3 is 5.97 Å². The van der Waals surface area contributed by atoms with Crippen molar-refractivity contribution in [3.8, 4) is 11.1 Å². The quantitative estimate of drug-likeness (QED) is 0.540. The highest BCUT2D eigenvalue weighted by Crippen LogP contribution is 2.36. The van der Waals surface area contributed by atoms with Crippen LogP contribution in [0.25, 0.3) is 11.1 Å². The number of carbonyl (C=O) groups excluding carboxylic acids is 2. The number of benzene rings is 2. The van der Waals surface area contributed by atoms with Gasteiger partial charge in [-0.1, -0.05) is 30.3 Å². The van der Waals surface area contributed by atoms with Crippen LogP contribution in [0.5, 0.6) is 0 Å². The van der Waals surface area contributed by atoms with Gasteiger partial charge in [-0.2, -0.15) is 0 Å². The summed E-state index contributed by atoms with van der Waals surface area (Å²) in [7, 11) is 0. The molecule has 3 aromatic rings. The van der Waals surface area contributed by atoms with E-state index in [0.717, 1.165) is 33.5 Å². The molecule has 0 radical (unpaired) electrons. The van der Waals surface area contributed by atoms with Gasteiger partial charge in [0.2, 0.25) is 0 Å². The van der Waals surface area contributed by atoms with Crippen LogP contribution in [0.2, 0.25) is 0 Å². The van der Waals surface area contributed by atoms with E-state index >= 15 is 0 Å². The van der Waals surface area contributed by atoms with Gasteiger partial charge in [0, 0.05) is 29.2 Å². The van der Waals surface area contributed by atoms with Crippen LogP contribution in [0.1, 0.15) is 55.1 Å². The molecule has 1 aliphatic rings. The third kappa shape index (κ3) is 4.22. The Hall–Kier alpha value is -3.47. The molecule has 4 rings (SSSR count). The molecule has 0 fully saturated rings. The topological polar surface area (TPSA) is 59.5 Å². The van der Waals surface area contributed by atoms with E-state index in [9.17, 15) is 9.59 Å². The van der Waals surface area contributed by atoms with E-state index in [2.05, 4.69) is 4.98 Å². The Balaban J connectivity index is 1.75. The van der Waals surface area contributed by atoms with Crippen LogP contribution in [-0.4, -0.2) is 22.5 Å². The van der Waals surface area contributed by atoms with E-state index in [1.165, 1.54) is 0 Å². The van der Waals surface area contributed by atoms with Crippen molar-refractivity contribution in [2.24, 2.45) is 0 Å². The van der Waals surface area contributed by atoms with Crippen LogP contribution in [0, 0.1) is 0 Å². The summed E-state index contributed by atoms with van der Waals surface area (Å²) in [4.78, 5) is 31.8. The van der Waals surface area contributed by atoms with E-state index in [-0.39, 0.29) is 11.9 Å². The van der Waals surface area contributed by atoms with E-state index in [1.54, 1.807) is 17.3 Å². The zero-order valence-electron chi connectivity index (χ0n) is 18.3. The molecular weight excluding hydrogens is 388 g/mol. The lowest BCUT2D eigenvalue weighted by atomic mass is 9.91. The number of carbonyl (C=O) groups is 2. The number of amides is 1. The minimum atomic E-state index is -0.562. The van der Waals surface area contributed by atoms with Crippen molar-refractivity contribution in [2.45, 2.75) is 45.8 Å². The first kappa shape index (κ1) is 20.8. The fourth-order valence-corrected chi connectivity index (χ4v) is 3.84. The van der Waals surface area contributed by atoms with Gasteiger partial charge in [-0.25, -0.2) is 0 Å². The van der Waals surface area contributed by atoms with Crippen molar-refractivity contribution in [1.82, 2.24) is 4.98 Å². The smallest absolute Gasteiger partial charge is 0.313 e. The number of hydrogen-bond acceptors (Lipinski definition) is 4. The summed E-state index contributed by atoms with van der Waals surface area (Å²) in [6, 6.07) is 17.3. The third-order valence-corrected chi connectivity index (χ3v) is 5.37. The molecular formula is C26H26N2O3. The van der Waals surface area contributed by atoms with Crippen molar-refractivity contribution < 1.29 is 14.3 Å². The van der Waals surface area contributed by atoms with Crippen molar-refractivity contribution in [2.75, 3.05) is 4.90 Å². The maximum atomic E-state index is 13.0. The van der Waals surface area contributed by atoms with E-state index in [4.69, 9.17) is 4.74 Å². The summed E-state index contributed by atoms with van der Waals surface area (Å²) in [5.41, 5.74) is 4.58. The minimum Gasteiger partial charge on any atom is -0.460 e. The Morgan fingerprint density at radius 3 is 2.52 bits per heavy atom. The average molecular weight is 415 g/mol. The lowest BCUT2D eigenvalue weighted by molar-refractivity contribution is -0.156. The number of anilines is 1. The fraction of sp³-hybridized carbons (Fsp3) is 0.269. The third-order valence-electron chi connectivity index (χ3n) is 5.37. The normalized spacial score (nSPS) is 14.3. The highest BCUT2D eigenvalue weighted by molar-refractivity contribution is 6.10. The molecule has 2 heterocycles. The van der Waals surface area contributed by atoms with Crippen LogP contribution < -0.4 is 4.90 Å². The van der Waals surface area contributed by atoms with E-state index in [1.807, 2.05) is 82.3 Å². The summed E-state index contributed by atoms with van der Waals surface area (Å²) in [5.74, 6) is -0.759. The molecule has 5 heteroatoms. The first-order chi connectivity index (χ1) is 14.7. The van der Waals surface area contributed by atoms with Crippen molar-refractivity contribution >= 4 is 17.6 Å². The molecule has 0 saturated carbocycles. The largest absolute Gasteiger partial charge is 0.460 e. The molecule has 2 aromatic carbocycles. The number of aromatic nitrogens is 1. The lowest BCUT2D eigenvalue weighted by Crippen LogP contribution is -2.27. The molecule has 0 saturated heterocycles. The van der Waals surface area contributed by atoms with Crippen LogP contribution in [0.4, 0.5) is 5.69 Å². The Morgan fingerprint density at radius 2 is 1.84 bits per heavy atom. The molecule has 1 amide bonds. The van der Waals surface area contributed by atoms with Crippen LogP contribution in [0.15, 0.2) is 67.0 Å². The molecule has 1 unspecified atom stereocenters. The predicted molar refractivity (Wildman–Crippen MR) is 121 cm³/mol. The van der Waals surface area contributed by atoms with Gasteiger partial charge in [0.15, 0.2) is 0 Å². The van der Waals surface area contributed by atoms with Crippen LogP contribution in [-0.2, 0) is 16.1 Å². The monoisotopic (exact) mass is 414 g/mol. The fourth-order valence-electron chi connectivity index (χ4n) is 3.84. The number of ether oxygens (including phenoxy) is 1. The number of fused-ring (bicyclic) bond motifs is 1. The molecule has 5 nitrogen and oxygen atoms in total. The van der Waals surface area contributed by atoms with Crippen LogP contribution >= 0.6 is 0 Å². The van der Waals surface area contributed by atoms with Gasteiger partial charge in [0.1, 0.15) is 5.60 Å². The zero-order chi connectivity index (χ0) is 22.2. The second-order valence-corrected chi connectivity index (χ2v) is 8.82. The van der Waals surface area contributed by atoms with Crippen LogP contribution in [0.3, 0.4) is 0 Å². The Labute approximate surface area is 182 Å². The second kappa shape index (κ2) is 7.99. The van der Waals surface area contributed by atoms with Crippen molar-refractivity contribution in [3.05, 3.63) is 83.7 Å². The molecule has 31 heavy (non-hydrogen) atoms. The Morgan fingerprint density at radius 1 is 1.06 bits per heavy atom. The second-order valence-electron chi connectivity index (χ2n) is 8.82. The average Bonchev–Trinajstić information content (AvgIpc) is 3.09. The highest BCUT2D eigenvalue weighted by atomic mass is 16.6. The van der Waals surface area contributed by atoms with E-state index < -0.39 is 11.5 Å². The highest BCUT2D eigenvalue weighted by Gasteiger charge is 2.30. The Kier molecular flexibility index (Phi) is 5.36. The molecule has 1 atom stereocenters. The maximum Gasteiger partial charge on any atom is 0.313 e. The molecule has 0 bridgehead atoms. The SMILES string of the molecule is CC(C(=O)OC(C)(C)C)c1ccc(N2Cc3ccccc3C2=O)cc1-c1cccnc1. The summed E-state index contributed by atoms with van der Waals surface area (Å²) in [5, 5.41) is 0. The molecule has 0 N–H and O–H groups in total. The number of pyridine rings is 1. The molecule has 0 spiro atoms. The van der Waals surface area contributed by atoms with E-state index in [0.29, 0.717) is 6.54 Å². The molecule has 1 aromatic heterocycles. The van der Waals surface area contributed by atoms with Gasteiger partial charge in [-0.15, -0.1) is 0 Å². The summed E-state index contributed by atoms with van der Waals surface area (Å²) >= 11 is 0. The number of hydrogen-bond donors (Lipinski definition) is 0. The van der Waals surface area contributed by atoms with Crippen molar-refractivity contribution in [3.63, 3.8) is 0 Å². The van der Waals surface area contributed by atoms with Gasteiger partial charge in [0.25, 0.3) is 5.91 Å². The summed E-state index contributed by atoms with van der Waals surface area (Å²) in [6.45, 7) is 7.96. The standard InChI is InChI=1S/C26H26N2O3/c1-17(25(30)31-26(2,3)4)21-12-11-20(14-23(21)18-9-7-13-27-15-18)28-16-19-8-5-6-10-22(19)24(28)29/h5-15,17H,16H2,1-4H3. The van der Waals surface area contributed by atoms with Gasteiger partial charge in [0.05, 0.1) is 12.5 Å². The molecule has 0 aliphatic carbocycles. The molecule has 158 valence electrons. The summed E-state index contributed by atoms with van der Waals surface area (Å²) < 4.78 is 5.62. The minimum absolute atomic E-state index is 0.0133. The first-order valence-corrected chi connectivity index (χ1v) is 10.4. The maximum absolute atomic E-state index is 13.0. The number of rotatable bonds is 4. The summed E-state index contributed by atoms with van der Waals surface area (Å²) in [6.07, 6.45) is 3.48. The number of esters is 1. The molecule has 1 aliphatic heterocycles. The van der Waals surface area contributed by atoms with Gasteiger partial charge < -0.3 is 9.64 Å². The van der Waals surface area contributed by atoms with Crippen molar-refractivity contribution in [1.29, 1.82) is 0 Å². The zero-order valence-corrected chi connectivity index (χ0v) is 18.3. The predicted octanol–water partition coefficient (Wildman–Crippen LogP) is 5.35. The van der Waals surface area contributed by atoms with Gasteiger partial charge in [-0.05, 0) is 68.7 Å².